The van der Waals surface area contributed by atoms with Crippen LogP contribution in [-0.2, 0) is 83.6 Å². The number of ether oxygens (including phenoxy) is 10. The van der Waals surface area contributed by atoms with E-state index in [-0.39, 0.29) is 13.2 Å². The molecule has 7 aliphatic rings. The van der Waals surface area contributed by atoms with E-state index >= 15 is 0 Å². The molecule has 7 rings (SSSR count). The Morgan fingerprint density at radius 1 is 0.456 bits per heavy atom. The van der Waals surface area contributed by atoms with Crippen LogP contribution in [0.3, 0.4) is 0 Å². The zero-order valence-corrected chi connectivity index (χ0v) is 43.6. The van der Waals surface area contributed by atoms with E-state index in [2.05, 4.69) is 0 Å². The molecule has 39 heteroatoms. The van der Waals surface area contributed by atoms with Gasteiger partial charge in [-0.25, -0.2) is 9.13 Å². The van der Waals surface area contributed by atoms with E-state index in [0.29, 0.717) is 0 Å². The summed E-state index contributed by atoms with van der Waals surface area (Å²) in [6.07, 6.45) is -58.4. The predicted octanol–water partition coefficient (Wildman–Crippen LogP) is -12.2. The normalized spacial score (nSPS) is 51.4. The molecule has 1 aliphatic carbocycles. The molecule has 33 unspecified atom stereocenters. The summed E-state index contributed by atoms with van der Waals surface area (Å²) in [5, 5.41) is 184. The summed E-state index contributed by atoms with van der Waals surface area (Å²) < 4.78 is 114. The highest BCUT2D eigenvalue weighted by Crippen LogP contribution is 2.60. The lowest BCUT2D eigenvalue weighted by Crippen LogP contribution is -2.69. The second-order valence-electron chi connectivity index (χ2n) is 19.3. The lowest BCUT2D eigenvalue weighted by molar-refractivity contribution is -0.396. The molecule has 7 fully saturated rings. The summed E-state index contributed by atoms with van der Waals surface area (Å²) >= 11 is 0. The Bertz CT molecular complexity index is 2010. The minimum Gasteiger partial charge on any atom is -0.394 e. The van der Waals surface area contributed by atoms with Crippen molar-refractivity contribution in [2.75, 3.05) is 60.4 Å². The highest BCUT2D eigenvalue weighted by atomic mass is 31.2. The maximum Gasteiger partial charge on any atom is 0.475 e. The van der Waals surface area contributed by atoms with Gasteiger partial charge in [-0.05, 0) is 0 Å². The summed E-state index contributed by atoms with van der Waals surface area (Å²) in [6, 6.07) is -1.71. The fraction of sp³-hybridized carbons (Fsp3) is 1.00. The second kappa shape index (κ2) is 27.6. The first kappa shape index (κ1) is 65.6. The van der Waals surface area contributed by atoms with Crippen LogP contribution >= 0.6 is 15.6 Å². The molecule has 1 saturated carbocycles. The SMILES string of the molecule is COP(=O)(OCCN)OCC1OC(OC2C(OCC3OC(OC4C(CO)OC(OC5C(O)C(O)C(O)C6OP(=O)(OC)OC56)C(N)C4O)C(O)C(O)C3O)OC(CO)C(O)C2O)C(OC2OC(CO)C(O)C(O)C2O)C(O)C1O. The van der Waals surface area contributed by atoms with Crippen LogP contribution in [0.25, 0.3) is 0 Å². The van der Waals surface area contributed by atoms with Crippen LogP contribution in [-0.4, -0.2) is 337 Å². The third-order valence-corrected chi connectivity index (χ3v) is 17.1. The fourth-order valence-corrected chi connectivity index (χ4v) is 11.9. The molecule has 21 N–H and O–H groups in total. The van der Waals surface area contributed by atoms with Crippen LogP contribution in [0.5, 0.6) is 0 Å². The highest BCUT2D eigenvalue weighted by Gasteiger charge is 2.62. The van der Waals surface area contributed by atoms with Gasteiger partial charge in [0.25, 0.3) is 0 Å². The zero-order valence-electron chi connectivity index (χ0n) is 41.8. The first-order valence-electron chi connectivity index (χ1n) is 24.6. The van der Waals surface area contributed by atoms with E-state index in [1.165, 1.54) is 0 Å². The molecule has 462 valence electrons. The Morgan fingerprint density at radius 2 is 0.886 bits per heavy atom. The first-order chi connectivity index (χ1) is 37.3. The second-order valence-corrected chi connectivity index (χ2v) is 22.7. The lowest BCUT2D eigenvalue weighted by Gasteiger charge is -2.49. The van der Waals surface area contributed by atoms with Crippen molar-refractivity contribution in [1.82, 2.24) is 0 Å². The van der Waals surface area contributed by atoms with Gasteiger partial charge in [0.05, 0.1) is 45.7 Å². The van der Waals surface area contributed by atoms with Crippen molar-refractivity contribution >= 4 is 15.6 Å². The topological polar surface area (TPSA) is 578 Å². The number of hydrogen-bond donors (Lipinski definition) is 19. The van der Waals surface area contributed by atoms with Gasteiger partial charge in [0.1, 0.15) is 153 Å². The molecule has 0 spiro atoms. The van der Waals surface area contributed by atoms with E-state index in [0.717, 1.165) is 14.2 Å². The molecule has 0 bridgehead atoms. The minimum absolute atomic E-state index is 0.141. The van der Waals surface area contributed by atoms with Gasteiger partial charge in [0, 0.05) is 20.8 Å². The number of nitrogens with two attached hydrogens (primary N) is 2. The molecule has 6 aliphatic heterocycles. The fourth-order valence-electron chi connectivity index (χ4n) is 9.61. The van der Waals surface area contributed by atoms with E-state index in [4.69, 9.17) is 86.0 Å². The quantitative estimate of drug-likeness (QED) is 0.0448. The molecule has 6 saturated heterocycles. The van der Waals surface area contributed by atoms with Gasteiger partial charge in [-0.1, -0.05) is 0 Å². The van der Waals surface area contributed by atoms with Crippen LogP contribution in [0, 0.1) is 0 Å². The number of aliphatic hydroxyl groups excluding tert-OH is 17. The van der Waals surface area contributed by atoms with Crippen LogP contribution in [0.15, 0.2) is 0 Å². The lowest BCUT2D eigenvalue weighted by atomic mass is 9.84. The van der Waals surface area contributed by atoms with Gasteiger partial charge in [-0.15, -0.1) is 0 Å². The summed E-state index contributed by atoms with van der Waals surface area (Å²) in [4.78, 5) is 0. The Balaban J connectivity index is 1.08. The molecular formula is C40H72N2O35P2. The van der Waals surface area contributed by atoms with Gasteiger partial charge >= 0.3 is 15.6 Å². The zero-order chi connectivity index (χ0) is 58.2. The largest absolute Gasteiger partial charge is 0.475 e. The van der Waals surface area contributed by atoms with Crippen LogP contribution < -0.4 is 11.5 Å². The van der Waals surface area contributed by atoms with Gasteiger partial charge in [-0.3, -0.25) is 27.1 Å². The van der Waals surface area contributed by atoms with Gasteiger partial charge in [0.2, 0.25) is 0 Å². The van der Waals surface area contributed by atoms with E-state index in [1.807, 2.05) is 0 Å². The number of phosphoric ester groups is 2. The molecular weight excluding hydrogens is 1130 g/mol. The van der Waals surface area contributed by atoms with E-state index in [9.17, 15) is 95.9 Å². The number of phosphoric acid groups is 2. The Morgan fingerprint density at radius 3 is 1.46 bits per heavy atom. The molecule has 0 aromatic heterocycles. The van der Waals surface area contributed by atoms with Crippen molar-refractivity contribution in [3.63, 3.8) is 0 Å². The maximum absolute atomic E-state index is 13.1. The third-order valence-electron chi connectivity index (χ3n) is 14.2. The van der Waals surface area contributed by atoms with Crippen molar-refractivity contribution in [3.8, 4) is 0 Å². The van der Waals surface area contributed by atoms with Crippen LogP contribution in [0.2, 0.25) is 0 Å². The summed E-state index contributed by atoms with van der Waals surface area (Å²) in [5.41, 5.74) is 11.7. The molecule has 0 amide bonds. The predicted molar refractivity (Wildman–Crippen MR) is 242 cm³/mol. The molecule has 0 aromatic carbocycles. The van der Waals surface area contributed by atoms with Gasteiger partial charge in [0.15, 0.2) is 31.5 Å². The third kappa shape index (κ3) is 13.8. The standard InChI is InChI=1S/C40H72N2O35P2/c1-62-78(60,65-4-3-41)66-9-14-19(49)25(55)34(74-37-28(58)21(51)16(46)10(5-43)67-37)40(71-14)75-33-24(54)17(47)11(6-44)68-39(33)64-8-13-18(48)22(52)29(59)38(70-13)72-30-12(7-45)69-36(15(42)20(30)50)73-31-26(56)23(53)27(57)32-35(31)77-79(61,63-2)76-32/h10-40,43-59H,3-9,41-42H2,1-2H3. The summed E-state index contributed by atoms with van der Waals surface area (Å²) in [5.74, 6) is 0. The van der Waals surface area contributed by atoms with Crippen LogP contribution in [0.4, 0.5) is 0 Å². The Labute approximate surface area is 447 Å². The average molecular weight is 1200 g/mol. The summed E-state index contributed by atoms with van der Waals surface area (Å²) in [6.45, 7) is -5.30. The molecule has 37 nitrogen and oxygen atoms in total. The Hall–Kier alpha value is -0.940. The van der Waals surface area contributed by atoms with Crippen molar-refractivity contribution in [2.24, 2.45) is 11.5 Å². The molecule has 6 heterocycles. The highest BCUT2D eigenvalue weighted by molar-refractivity contribution is 7.48. The monoisotopic (exact) mass is 1200 g/mol. The smallest absolute Gasteiger partial charge is 0.394 e. The van der Waals surface area contributed by atoms with Crippen LogP contribution in [0.1, 0.15) is 0 Å². The van der Waals surface area contributed by atoms with Crippen molar-refractivity contribution in [3.05, 3.63) is 0 Å². The molecule has 33 atom stereocenters. The summed E-state index contributed by atoms with van der Waals surface area (Å²) in [7, 11) is -6.86. The number of rotatable bonds is 22. The van der Waals surface area contributed by atoms with Gasteiger partial charge < -0.3 is 146 Å². The average Bonchev–Trinajstić information content (AvgIpc) is 3.95. The number of aliphatic hydroxyl groups is 17. The first-order valence-corrected chi connectivity index (χ1v) is 27.5. The van der Waals surface area contributed by atoms with E-state index < -0.39 is 239 Å². The van der Waals surface area contributed by atoms with Crippen molar-refractivity contribution in [1.29, 1.82) is 0 Å². The molecule has 79 heavy (non-hydrogen) atoms. The minimum atomic E-state index is -4.43. The molecule has 0 aromatic rings. The maximum atomic E-state index is 13.1. The van der Waals surface area contributed by atoms with Crippen molar-refractivity contribution in [2.45, 2.75) is 190 Å². The Kier molecular flexibility index (Phi) is 22.9. The van der Waals surface area contributed by atoms with Crippen molar-refractivity contribution < 1.29 is 170 Å². The van der Waals surface area contributed by atoms with Gasteiger partial charge in [-0.2, -0.15) is 0 Å². The number of fused-ring (bicyclic) bond motifs is 1. The van der Waals surface area contributed by atoms with E-state index in [1.54, 1.807) is 0 Å². The number of hydrogen-bond acceptors (Lipinski definition) is 37. The molecule has 0 radical (unpaired) electrons.